The first-order valence-corrected chi connectivity index (χ1v) is 11.4. The van der Waals surface area contributed by atoms with E-state index in [9.17, 15) is 9.59 Å². The monoisotopic (exact) mass is 454 g/mol. The van der Waals surface area contributed by atoms with Gasteiger partial charge in [-0.25, -0.2) is 4.79 Å². The molecule has 3 heterocycles. The van der Waals surface area contributed by atoms with Gasteiger partial charge in [0.15, 0.2) is 0 Å². The first-order valence-electron chi connectivity index (χ1n) is 11.4. The number of hydrogen-bond donors (Lipinski definition) is 1. The summed E-state index contributed by atoms with van der Waals surface area (Å²) in [6.45, 7) is 6.55. The maximum atomic E-state index is 13.2. The van der Waals surface area contributed by atoms with E-state index in [1.165, 1.54) is 13.1 Å². The van der Waals surface area contributed by atoms with Crippen LogP contribution in [0.15, 0.2) is 29.4 Å². The van der Waals surface area contributed by atoms with Crippen LogP contribution in [0, 0.1) is 5.41 Å². The summed E-state index contributed by atoms with van der Waals surface area (Å²) in [5, 5.41) is 0. The third-order valence-corrected chi connectivity index (χ3v) is 6.94. The number of hydrogen-bond acceptors (Lipinski definition) is 7. The molecule has 176 valence electrons. The molecular weight excluding hydrogens is 424 g/mol. The quantitative estimate of drug-likeness (QED) is 0.700. The lowest BCUT2D eigenvalue weighted by atomic mass is 9.65. The highest BCUT2D eigenvalue weighted by Gasteiger charge is 2.52. The lowest BCUT2D eigenvalue weighted by molar-refractivity contribution is -0.196. The second-order valence-corrected chi connectivity index (χ2v) is 9.55. The highest BCUT2D eigenvalue weighted by Crippen LogP contribution is 2.48. The van der Waals surface area contributed by atoms with E-state index >= 15 is 0 Å². The average Bonchev–Trinajstić information content (AvgIpc) is 2.69. The highest BCUT2D eigenvalue weighted by atomic mass is 16.6. The van der Waals surface area contributed by atoms with Gasteiger partial charge >= 0.3 is 6.09 Å². The predicted octanol–water partition coefficient (Wildman–Crippen LogP) is 2.33. The number of fused-ring (bicyclic) bond motifs is 1. The van der Waals surface area contributed by atoms with Gasteiger partial charge in [-0.15, -0.1) is 0 Å². The largest absolute Gasteiger partial charge is 0.446 e. The van der Waals surface area contributed by atoms with Crippen LogP contribution < -0.4 is 15.5 Å². The van der Waals surface area contributed by atoms with Crippen molar-refractivity contribution in [3.05, 3.63) is 30.0 Å². The number of benzene rings is 1. The van der Waals surface area contributed by atoms with Gasteiger partial charge in [0.05, 0.1) is 49.9 Å². The highest BCUT2D eigenvalue weighted by molar-refractivity contribution is 6.11. The fourth-order valence-corrected chi connectivity index (χ4v) is 4.99. The molecule has 0 radical (unpaired) electrons. The van der Waals surface area contributed by atoms with E-state index in [1.54, 1.807) is 16.0 Å². The molecule has 1 spiro atoms. The SMILES string of the molecule is CC(=O)N1c2ccc(/C(C=NC3COC3)=C/N)cc2N(C(=O)OC2CC3(COC3)C2)C[C@@H]1C. The number of rotatable bonds is 4. The zero-order chi connectivity index (χ0) is 23.2. The standard InChI is InChI=1S/C24H30N4O5/c1-15-10-27(23(30)33-20-6-24(7-20)13-32-14-24)22-5-17(3-4-21(22)28(15)16(2)29)18(8-25)9-26-19-11-31-12-19/h3-5,8-9,15,19-20H,6-7,10-14,25H2,1-2H3/b18-8+,26-9?/t15-/m0/s1. The van der Waals surface area contributed by atoms with Gasteiger partial charge in [-0.05, 0) is 37.5 Å². The lowest BCUT2D eigenvalue weighted by Crippen LogP contribution is -2.57. The van der Waals surface area contributed by atoms with Crippen molar-refractivity contribution >= 4 is 35.2 Å². The number of amides is 2. The number of ether oxygens (including phenoxy) is 3. The van der Waals surface area contributed by atoms with E-state index < -0.39 is 0 Å². The molecular formula is C24H30N4O5. The zero-order valence-corrected chi connectivity index (χ0v) is 19.0. The molecule has 2 N–H and O–H groups in total. The molecule has 1 saturated carbocycles. The lowest BCUT2D eigenvalue weighted by Gasteiger charge is -2.52. The Morgan fingerprint density at radius 3 is 2.55 bits per heavy atom. The molecule has 5 rings (SSSR count). The number of aliphatic imine (C=N–C) groups is 1. The van der Waals surface area contributed by atoms with E-state index in [4.69, 9.17) is 19.9 Å². The second kappa shape index (κ2) is 8.46. The minimum Gasteiger partial charge on any atom is -0.446 e. The van der Waals surface area contributed by atoms with E-state index in [1.807, 2.05) is 25.1 Å². The Bertz CT molecular complexity index is 1010. The Labute approximate surface area is 193 Å². The van der Waals surface area contributed by atoms with Crippen LogP contribution >= 0.6 is 0 Å². The Balaban J connectivity index is 1.41. The van der Waals surface area contributed by atoms with Gasteiger partial charge in [0.2, 0.25) is 5.91 Å². The van der Waals surface area contributed by atoms with Gasteiger partial charge < -0.3 is 24.8 Å². The Kier molecular flexibility index (Phi) is 5.62. The van der Waals surface area contributed by atoms with E-state index in [2.05, 4.69) is 4.99 Å². The summed E-state index contributed by atoms with van der Waals surface area (Å²) in [5.74, 6) is -0.0726. The van der Waals surface area contributed by atoms with Crippen molar-refractivity contribution < 1.29 is 23.8 Å². The molecule has 2 saturated heterocycles. The van der Waals surface area contributed by atoms with E-state index in [0.29, 0.717) is 31.1 Å². The molecule has 1 atom stereocenters. The topological polar surface area (TPSA) is 107 Å². The van der Waals surface area contributed by atoms with Gasteiger partial charge in [-0.2, -0.15) is 0 Å². The Morgan fingerprint density at radius 2 is 1.97 bits per heavy atom. The van der Waals surface area contributed by atoms with Crippen molar-refractivity contribution in [1.82, 2.24) is 0 Å². The molecule has 1 aromatic rings. The zero-order valence-electron chi connectivity index (χ0n) is 19.0. The summed E-state index contributed by atoms with van der Waals surface area (Å²) in [6, 6.07) is 5.60. The number of carbonyl (C=O) groups excluding carboxylic acids is 2. The van der Waals surface area contributed by atoms with Gasteiger partial charge in [0.1, 0.15) is 6.10 Å². The third-order valence-electron chi connectivity index (χ3n) is 6.94. The first kappa shape index (κ1) is 21.9. The van der Waals surface area contributed by atoms with Gasteiger partial charge in [-0.3, -0.25) is 14.7 Å². The molecule has 9 heteroatoms. The third kappa shape index (κ3) is 4.00. The van der Waals surface area contributed by atoms with E-state index in [0.717, 1.165) is 37.2 Å². The summed E-state index contributed by atoms with van der Waals surface area (Å²) in [7, 11) is 0. The van der Waals surface area contributed by atoms with Crippen LogP contribution in [0.3, 0.4) is 0 Å². The molecule has 1 aromatic carbocycles. The van der Waals surface area contributed by atoms with Crippen molar-refractivity contribution in [3.8, 4) is 0 Å². The maximum Gasteiger partial charge on any atom is 0.414 e. The van der Waals surface area contributed by atoms with Crippen LogP contribution in [-0.2, 0) is 19.0 Å². The van der Waals surface area contributed by atoms with Crippen molar-refractivity contribution in [1.29, 1.82) is 0 Å². The van der Waals surface area contributed by atoms with Crippen LogP contribution in [0.2, 0.25) is 0 Å². The predicted molar refractivity (Wildman–Crippen MR) is 124 cm³/mol. The van der Waals surface area contributed by atoms with Gasteiger partial charge in [0.25, 0.3) is 0 Å². The summed E-state index contributed by atoms with van der Waals surface area (Å²) in [5.41, 5.74) is 8.96. The molecule has 3 fully saturated rings. The van der Waals surface area contributed by atoms with E-state index in [-0.39, 0.29) is 35.6 Å². The van der Waals surface area contributed by atoms with Gasteiger partial charge in [0, 0.05) is 36.9 Å². The molecule has 4 aliphatic rings. The number of allylic oxidation sites excluding steroid dienone is 1. The summed E-state index contributed by atoms with van der Waals surface area (Å²) < 4.78 is 16.3. The average molecular weight is 455 g/mol. The molecule has 2 amide bonds. The fraction of sp³-hybridized carbons (Fsp3) is 0.542. The molecule has 0 bridgehead atoms. The van der Waals surface area contributed by atoms with Crippen LogP contribution in [0.5, 0.6) is 0 Å². The first-order chi connectivity index (χ1) is 15.9. The number of nitrogens with zero attached hydrogens (tertiary/aromatic N) is 3. The van der Waals surface area contributed by atoms with Crippen LogP contribution in [0.1, 0.15) is 32.3 Å². The minimum atomic E-state index is -0.387. The van der Waals surface area contributed by atoms with Crippen molar-refractivity contribution in [2.24, 2.45) is 16.1 Å². The maximum absolute atomic E-state index is 13.2. The van der Waals surface area contributed by atoms with Crippen LogP contribution in [0.4, 0.5) is 16.2 Å². The summed E-state index contributed by atoms with van der Waals surface area (Å²) in [6.07, 6.45) is 4.44. The van der Waals surface area contributed by atoms with Crippen molar-refractivity contribution in [2.75, 3.05) is 42.8 Å². The summed E-state index contributed by atoms with van der Waals surface area (Å²) >= 11 is 0. The molecule has 33 heavy (non-hydrogen) atoms. The molecule has 3 aliphatic heterocycles. The normalized spacial score (nSPS) is 24.8. The molecule has 1 aliphatic carbocycles. The second-order valence-electron chi connectivity index (χ2n) is 9.55. The smallest absolute Gasteiger partial charge is 0.414 e. The molecule has 0 unspecified atom stereocenters. The molecule has 9 nitrogen and oxygen atoms in total. The molecule has 0 aromatic heterocycles. The van der Waals surface area contributed by atoms with Crippen LogP contribution in [-0.4, -0.2) is 69.4 Å². The summed E-state index contributed by atoms with van der Waals surface area (Å²) in [4.78, 5) is 33.5. The Hall–Kier alpha value is -2.91. The minimum absolute atomic E-state index is 0.0726. The van der Waals surface area contributed by atoms with Gasteiger partial charge in [-0.1, -0.05) is 6.07 Å². The van der Waals surface area contributed by atoms with Crippen molar-refractivity contribution in [3.63, 3.8) is 0 Å². The van der Waals surface area contributed by atoms with Crippen LogP contribution in [0.25, 0.3) is 5.57 Å². The van der Waals surface area contributed by atoms with Crippen molar-refractivity contribution in [2.45, 2.75) is 44.9 Å². The fourth-order valence-electron chi connectivity index (χ4n) is 4.99. The number of carbonyl (C=O) groups is 2. The Morgan fingerprint density at radius 1 is 1.21 bits per heavy atom. The number of nitrogens with two attached hydrogens (primary N) is 1. The number of anilines is 2.